The maximum Gasteiger partial charge on any atom is 0.0725 e. The van der Waals surface area contributed by atoms with Gasteiger partial charge in [0.2, 0.25) is 0 Å². The van der Waals surface area contributed by atoms with E-state index in [1.165, 1.54) is 0 Å². The van der Waals surface area contributed by atoms with Crippen molar-refractivity contribution in [1.82, 2.24) is 0 Å². The highest BCUT2D eigenvalue weighted by atomic mass is 127. The van der Waals surface area contributed by atoms with Gasteiger partial charge in [-0.1, -0.05) is 6.07 Å². The molecule has 0 fully saturated rings. The van der Waals surface area contributed by atoms with Gasteiger partial charge < -0.3 is 9.90 Å². The molecule has 0 aromatic heterocycles. The number of carboxylic acid groups (broad SMARTS) is 1. The van der Waals surface area contributed by atoms with Gasteiger partial charge in [-0.05, 0) is 57.3 Å². The van der Waals surface area contributed by atoms with E-state index in [-0.39, 0.29) is 5.56 Å². The van der Waals surface area contributed by atoms with E-state index in [1.807, 2.05) is 22.6 Å². The van der Waals surface area contributed by atoms with Crippen molar-refractivity contribution in [2.24, 2.45) is 0 Å². The topological polar surface area (TPSA) is 40.1 Å². The zero-order chi connectivity index (χ0) is 8.43. The lowest BCUT2D eigenvalue weighted by Gasteiger charge is -2.04. The fraction of sp³-hybridized carbons (Fsp3) is 0. The van der Waals surface area contributed by atoms with Crippen LogP contribution in [0.5, 0.6) is 0 Å². The Hall–Kier alpha value is 0.150. The summed E-state index contributed by atoms with van der Waals surface area (Å²) < 4.78 is 1.74. The molecule has 1 rings (SSSR count). The summed E-state index contributed by atoms with van der Waals surface area (Å²) >= 11 is 4.10. The predicted molar refractivity (Wildman–Crippen MR) is 56.2 cm³/mol. The molecule has 0 N–H and O–H groups in total. The standard InChI is InChI=1S/C7H4I2O2/c8-4-1-2-5(7(10)11)6(9)3-4/h1-3H,(H,10,11)/p-1. The SMILES string of the molecule is O=C([O-])c1ccc(I)cc1I. The van der Waals surface area contributed by atoms with Crippen LogP contribution in [0.25, 0.3) is 0 Å². The number of carbonyl (C=O) groups is 1. The molecule has 0 atom stereocenters. The molecular weight excluding hydrogens is 370 g/mol. The second-order valence-electron chi connectivity index (χ2n) is 1.91. The van der Waals surface area contributed by atoms with Crippen LogP contribution in [-0.4, -0.2) is 5.97 Å². The van der Waals surface area contributed by atoms with Crippen LogP contribution in [0.15, 0.2) is 18.2 Å². The lowest BCUT2D eigenvalue weighted by atomic mass is 10.2. The van der Waals surface area contributed by atoms with Crippen molar-refractivity contribution < 1.29 is 9.90 Å². The van der Waals surface area contributed by atoms with Gasteiger partial charge in [0.05, 0.1) is 5.97 Å². The Bertz CT molecular complexity index is 296. The molecule has 0 radical (unpaired) electrons. The third-order valence-corrected chi connectivity index (χ3v) is 2.71. The number of carbonyl (C=O) groups excluding carboxylic acids is 1. The smallest absolute Gasteiger partial charge is 0.0725 e. The van der Waals surface area contributed by atoms with Crippen LogP contribution in [0.3, 0.4) is 0 Å². The van der Waals surface area contributed by atoms with E-state index < -0.39 is 5.97 Å². The van der Waals surface area contributed by atoms with Gasteiger partial charge in [0.15, 0.2) is 0 Å². The van der Waals surface area contributed by atoms with Crippen molar-refractivity contribution in [3.8, 4) is 0 Å². The van der Waals surface area contributed by atoms with Crippen LogP contribution in [0, 0.1) is 7.14 Å². The molecule has 0 unspecified atom stereocenters. The van der Waals surface area contributed by atoms with Gasteiger partial charge in [-0.15, -0.1) is 0 Å². The van der Waals surface area contributed by atoms with Crippen LogP contribution in [0.1, 0.15) is 10.4 Å². The molecule has 4 heteroatoms. The molecule has 0 spiro atoms. The van der Waals surface area contributed by atoms with Crippen LogP contribution in [-0.2, 0) is 0 Å². The molecule has 2 nitrogen and oxygen atoms in total. The predicted octanol–water partition coefficient (Wildman–Crippen LogP) is 1.26. The van der Waals surface area contributed by atoms with Crippen LogP contribution in [0.2, 0.25) is 0 Å². The lowest BCUT2D eigenvalue weighted by molar-refractivity contribution is -0.255. The first-order valence-corrected chi connectivity index (χ1v) is 4.93. The maximum absolute atomic E-state index is 10.4. The average molecular weight is 373 g/mol. The Balaban J connectivity index is 3.20. The van der Waals surface area contributed by atoms with Crippen molar-refractivity contribution in [1.29, 1.82) is 0 Å². The normalized spacial score (nSPS) is 9.64. The first-order chi connectivity index (χ1) is 5.11. The first kappa shape index (κ1) is 9.24. The quantitative estimate of drug-likeness (QED) is 0.696. The summed E-state index contributed by atoms with van der Waals surface area (Å²) in [5, 5.41) is 10.4. The number of aromatic carboxylic acids is 1. The summed E-state index contributed by atoms with van der Waals surface area (Å²) in [6.07, 6.45) is 0. The molecule has 0 heterocycles. The molecule has 0 bridgehead atoms. The number of benzene rings is 1. The molecule has 11 heavy (non-hydrogen) atoms. The summed E-state index contributed by atoms with van der Waals surface area (Å²) in [6, 6.07) is 5.10. The van der Waals surface area contributed by atoms with Crippen molar-refractivity contribution in [3.63, 3.8) is 0 Å². The Morgan fingerprint density at radius 2 is 2.00 bits per heavy atom. The third-order valence-electron chi connectivity index (χ3n) is 1.15. The van der Waals surface area contributed by atoms with E-state index in [0.717, 1.165) is 7.14 Å². The highest BCUT2D eigenvalue weighted by molar-refractivity contribution is 14.1. The van der Waals surface area contributed by atoms with E-state index in [2.05, 4.69) is 22.6 Å². The largest absolute Gasteiger partial charge is 0.545 e. The summed E-state index contributed by atoms with van der Waals surface area (Å²) in [4.78, 5) is 10.4. The highest BCUT2D eigenvalue weighted by Crippen LogP contribution is 2.14. The molecule has 1 aromatic carbocycles. The Labute approximate surface area is 91.3 Å². The molecule has 0 aliphatic carbocycles. The first-order valence-electron chi connectivity index (χ1n) is 2.77. The number of halogens is 2. The van der Waals surface area contributed by atoms with Gasteiger partial charge in [0, 0.05) is 12.7 Å². The van der Waals surface area contributed by atoms with E-state index in [9.17, 15) is 9.90 Å². The van der Waals surface area contributed by atoms with Gasteiger partial charge in [0.1, 0.15) is 0 Å². The summed E-state index contributed by atoms with van der Waals surface area (Å²) in [5.41, 5.74) is 0.256. The number of hydrogen-bond acceptors (Lipinski definition) is 2. The van der Waals surface area contributed by atoms with Gasteiger partial charge in [-0.3, -0.25) is 0 Å². The second-order valence-corrected chi connectivity index (χ2v) is 4.32. The minimum atomic E-state index is -1.12. The van der Waals surface area contributed by atoms with Gasteiger partial charge in [-0.2, -0.15) is 0 Å². The van der Waals surface area contributed by atoms with Gasteiger partial charge >= 0.3 is 0 Å². The van der Waals surface area contributed by atoms with Crippen molar-refractivity contribution in [2.45, 2.75) is 0 Å². The van der Waals surface area contributed by atoms with Gasteiger partial charge in [-0.25, -0.2) is 0 Å². The number of hydrogen-bond donors (Lipinski definition) is 0. The van der Waals surface area contributed by atoms with Crippen molar-refractivity contribution in [3.05, 3.63) is 30.9 Å². The molecule has 0 aliphatic rings. The van der Waals surface area contributed by atoms with Crippen molar-refractivity contribution in [2.75, 3.05) is 0 Å². The zero-order valence-electron chi connectivity index (χ0n) is 5.30. The molecule has 1 aromatic rings. The van der Waals surface area contributed by atoms with Crippen LogP contribution < -0.4 is 5.11 Å². The summed E-state index contributed by atoms with van der Waals surface area (Å²) in [7, 11) is 0. The van der Waals surface area contributed by atoms with E-state index in [1.54, 1.807) is 18.2 Å². The lowest BCUT2D eigenvalue weighted by Crippen LogP contribution is -2.23. The number of rotatable bonds is 1. The fourth-order valence-corrected chi connectivity index (χ4v) is 2.48. The maximum atomic E-state index is 10.4. The number of carboxylic acids is 1. The Kier molecular flexibility index (Phi) is 3.11. The van der Waals surface area contributed by atoms with Crippen molar-refractivity contribution >= 4 is 51.2 Å². The van der Waals surface area contributed by atoms with Crippen LogP contribution in [0.4, 0.5) is 0 Å². The minimum absolute atomic E-state index is 0.256. The van der Waals surface area contributed by atoms with E-state index in [4.69, 9.17) is 0 Å². The summed E-state index contributed by atoms with van der Waals surface area (Å²) in [6.45, 7) is 0. The molecule has 0 saturated carbocycles. The van der Waals surface area contributed by atoms with E-state index in [0.29, 0.717) is 0 Å². The Morgan fingerprint density at radius 3 is 2.45 bits per heavy atom. The molecule has 58 valence electrons. The highest BCUT2D eigenvalue weighted by Gasteiger charge is 1.99. The minimum Gasteiger partial charge on any atom is -0.545 e. The Morgan fingerprint density at radius 1 is 1.36 bits per heavy atom. The molecular formula is C7H3I2O2-. The molecule has 0 amide bonds. The second kappa shape index (κ2) is 3.70. The molecule has 0 saturated heterocycles. The van der Waals surface area contributed by atoms with Gasteiger partial charge in [0.25, 0.3) is 0 Å². The summed E-state index contributed by atoms with van der Waals surface area (Å²) in [5.74, 6) is -1.12. The monoisotopic (exact) mass is 373 g/mol. The third kappa shape index (κ3) is 2.29. The van der Waals surface area contributed by atoms with E-state index >= 15 is 0 Å². The fourth-order valence-electron chi connectivity index (χ4n) is 0.655. The average Bonchev–Trinajstić information content (AvgIpc) is 1.85. The molecule has 0 aliphatic heterocycles. The zero-order valence-corrected chi connectivity index (χ0v) is 9.62. The van der Waals surface area contributed by atoms with Crippen LogP contribution >= 0.6 is 45.2 Å².